The van der Waals surface area contributed by atoms with Gasteiger partial charge in [-0.2, -0.15) is 0 Å². The van der Waals surface area contributed by atoms with Crippen LogP contribution in [0.15, 0.2) is 30.5 Å². The van der Waals surface area contributed by atoms with Crippen molar-refractivity contribution in [3.05, 3.63) is 46.7 Å². The van der Waals surface area contributed by atoms with Gasteiger partial charge in [-0.3, -0.25) is 4.79 Å². The molecule has 0 unspecified atom stereocenters. The van der Waals surface area contributed by atoms with Gasteiger partial charge in [0.1, 0.15) is 9.71 Å². The molecule has 7 heteroatoms. The molecular weight excluding hydrogens is 394 g/mol. The van der Waals surface area contributed by atoms with E-state index < -0.39 is 0 Å². The lowest BCUT2D eigenvalue weighted by Gasteiger charge is -2.33. The third kappa shape index (κ3) is 4.29. The van der Waals surface area contributed by atoms with Crippen molar-refractivity contribution in [2.45, 2.75) is 27.2 Å². The van der Waals surface area contributed by atoms with Gasteiger partial charge in [-0.15, -0.1) is 11.3 Å². The van der Waals surface area contributed by atoms with E-state index in [4.69, 9.17) is 0 Å². The summed E-state index contributed by atoms with van der Waals surface area (Å²) in [5.41, 5.74) is 3.20. The minimum atomic E-state index is -0.00342. The zero-order valence-electron chi connectivity index (χ0n) is 18.1. The van der Waals surface area contributed by atoms with Crippen LogP contribution in [0.2, 0.25) is 0 Å². The zero-order valence-corrected chi connectivity index (χ0v) is 19.0. The number of rotatable bonds is 7. The molecule has 0 aliphatic carbocycles. The van der Waals surface area contributed by atoms with Gasteiger partial charge in [-0.05, 0) is 57.6 Å². The van der Waals surface area contributed by atoms with Gasteiger partial charge in [0.25, 0.3) is 5.91 Å². The van der Waals surface area contributed by atoms with E-state index >= 15 is 0 Å². The third-order valence-electron chi connectivity index (χ3n) is 5.99. The Kier molecular flexibility index (Phi) is 6.51. The summed E-state index contributed by atoms with van der Waals surface area (Å²) in [6.07, 6.45) is 2.76. The maximum absolute atomic E-state index is 13.1. The molecule has 1 aliphatic rings. The minimum Gasteiger partial charge on any atom is -0.351 e. The highest BCUT2D eigenvalue weighted by Gasteiger charge is 2.22. The molecule has 0 atom stereocenters. The Morgan fingerprint density at radius 2 is 1.80 bits per heavy atom. The number of thiophene rings is 1. The number of nitrogens with zero attached hydrogens (tertiary/aromatic N) is 4. The van der Waals surface area contributed by atoms with E-state index in [2.05, 4.69) is 63.6 Å². The molecule has 30 heavy (non-hydrogen) atoms. The van der Waals surface area contributed by atoms with Gasteiger partial charge in [-0.1, -0.05) is 6.92 Å². The number of fused-ring (bicyclic) bond motifs is 1. The van der Waals surface area contributed by atoms with Gasteiger partial charge in [0.15, 0.2) is 0 Å². The van der Waals surface area contributed by atoms with E-state index in [9.17, 15) is 4.79 Å². The second-order valence-electron chi connectivity index (χ2n) is 7.97. The Bertz CT molecular complexity index is 996. The van der Waals surface area contributed by atoms with Crippen LogP contribution in [-0.4, -0.2) is 71.1 Å². The summed E-state index contributed by atoms with van der Waals surface area (Å²) in [4.78, 5) is 24.2. The normalized spacial score (nSPS) is 15.7. The van der Waals surface area contributed by atoms with Gasteiger partial charge in [0, 0.05) is 55.7 Å². The van der Waals surface area contributed by atoms with Crippen LogP contribution in [0, 0.1) is 13.8 Å². The SMILES string of the molecule is CCN1CCN(CCCNC(=O)c2sc3ncccc3c2-n2c(C)ccc2C)CC1. The maximum atomic E-state index is 13.1. The molecule has 0 aromatic carbocycles. The summed E-state index contributed by atoms with van der Waals surface area (Å²) in [6, 6.07) is 8.18. The molecule has 3 aromatic rings. The minimum absolute atomic E-state index is 0.00342. The van der Waals surface area contributed by atoms with Crippen molar-refractivity contribution in [3.63, 3.8) is 0 Å². The smallest absolute Gasteiger partial charge is 0.263 e. The average molecular weight is 426 g/mol. The molecule has 1 N–H and O–H groups in total. The van der Waals surface area contributed by atoms with Crippen LogP contribution in [0.1, 0.15) is 34.4 Å². The number of hydrogen-bond donors (Lipinski definition) is 1. The van der Waals surface area contributed by atoms with E-state index in [1.165, 1.54) is 11.3 Å². The van der Waals surface area contributed by atoms with Crippen molar-refractivity contribution in [1.82, 2.24) is 24.7 Å². The number of amides is 1. The van der Waals surface area contributed by atoms with Gasteiger partial charge >= 0.3 is 0 Å². The van der Waals surface area contributed by atoms with Crippen LogP contribution in [0.25, 0.3) is 15.9 Å². The topological polar surface area (TPSA) is 53.4 Å². The largest absolute Gasteiger partial charge is 0.351 e. The number of pyridine rings is 1. The Balaban J connectivity index is 1.44. The van der Waals surface area contributed by atoms with E-state index in [1.807, 2.05) is 6.07 Å². The molecule has 6 nitrogen and oxygen atoms in total. The van der Waals surface area contributed by atoms with E-state index in [0.717, 1.165) is 77.9 Å². The number of carbonyl (C=O) groups is 1. The fourth-order valence-corrected chi connectivity index (χ4v) is 5.28. The molecule has 3 aromatic heterocycles. The first kappa shape index (κ1) is 21.0. The highest BCUT2D eigenvalue weighted by atomic mass is 32.1. The lowest BCUT2D eigenvalue weighted by atomic mass is 10.2. The number of aryl methyl sites for hydroxylation is 2. The molecule has 4 rings (SSSR count). The van der Waals surface area contributed by atoms with Crippen LogP contribution < -0.4 is 5.32 Å². The Labute approximate surface area is 182 Å². The van der Waals surface area contributed by atoms with Crippen molar-refractivity contribution >= 4 is 27.5 Å². The molecule has 4 heterocycles. The molecule has 0 spiro atoms. The summed E-state index contributed by atoms with van der Waals surface area (Å²) in [5, 5.41) is 4.19. The molecule has 1 amide bonds. The Morgan fingerprint density at radius 1 is 1.10 bits per heavy atom. The molecule has 1 aliphatic heterocycles. The van der Waals surface area contributed by atoms with Crippen molar-refractivity contribution in [3.8, 4) is 5.69 Å². The Morgan fingerprint density at radius 3 is 2.50 bits per heavy atom. The van der Waals surface area contributed by atoms with Crippen LogP contribution in [0.5, 0.6) is 0 Å². The summed E-state index contributed by atoms with van der Waals surface area (Å²) in [5.74, 6) is -0.00342. The van der Waals surface area contributed by atoms with E-state index in [0.29, 0.717) is 6.54 Å². The molecule has 0 bridgehead atoms. The van der Waals surface area contributed by atoms with Gasteiger partial charge in [0.2, 0.25) is 0 Å². The molecule has 0 saturated carbocycles. The first-order valence-corrected chi connectivity index (χ1v) is 11.7. The number of nitrogens with one attached hydrogen (secondary N) is 1. The maximum Gasteiger partial charge on any atom is 0.263 e. The monoisotopic (exact) mass is 425 g/mol. The predicted molar refractivity (Wildman–Crippen MR) is 124 cm³/mol. The number of hydrogen-bond acceptors (Lipinski definition) is 5. The summed E-state index contributed by atoms with van der Waals surface area (Å²) < 4.78 is 2.17. The van der Waals surface area contributed by atoms with Gasteiger partial charge < -0.3 is 19.7 Å². The highest BCUT2D eigenvalue weighted by molar-refractivity contribution is 7.21. The fraction of sp³-hybridized carbons (Fsp3) is 0.478. The number of likely N-dealkylation sites (N-methyl/N-ethyl adjacent to an activating group) is 1. The lowest BCUT2D eigenvalue weighted by Crippen LogP contribution is -2.46. The van der Waals surface area contributed by atoms with Gasteiger partial charge in [-0.25, -0.2) is 4.98 Å². The molecule has 1 fully saturated rings. The molecule has 0 radical (unpaired) electrons. The molecule has 1 saturated heterocycles. The summed E-state index contributed by atoms with van der Waals surface area (Å²) in [7, 11) is 0. The van der Waals surface area contributed by atoms with Gasteiger partial charge in [0.05, 0.1) is 5.69 Å². The van der Waals surface area contributed by atoms with Crippen molar-refractivity contribution in [2.24, 2.45) is 0 Å². The van der Waals surface area contributed by atoms with Crippen LogP contribution in [-0.2, 0) is 0 Å². The second-order valence-corrected chi connectivity index (χ2v) is 8.97. The van der Waals surface area contributed by atoms with Crippen LogP contribution >= 0.6 is 11.3 Å². The average Bonchev–Trinajstić information content (AvgIpc) is 3.30. The standard InChI is InChI=1S/C23H31N5OS/c1-4-26-13-15-27(16-14-26)12-6-11-24-22(29)21-20(28-17(2)8-9-18(28)3)19-7-5-10-25-23(19)30-21/h5,7-10H,4,6,11-16H2,1-3H3,(H,24,29). The number of piperazine rings is 1. The summed E-state index contributed by atoms with van der Waals surface area (Å²) in [6.45, 7) is 13.8. The van der Waals surface area contributed by atoms with Crippen molar-refractivity contribution in [2.75, 3.05) is 45.8 Å². The molecular formula is C23H31N5OS. The first-order chi connectivity index (χ1) is 14.6. The molecule has 160 valence electrons. The predicted octanol–water partition coefficient (Wildman–Crippen LogP) is 3.46. The van der Waals surface area contributed by atoms with Crippen LogP contribution in [0.3, 0.4) is 0 Å². The quantitative estimate of drug-likeness (QED) is 0.589. The lowest BCUT2D eigenvalue weighted by molar-refractivity contribution is 0.0952. The van der Waals surface area contributed by atoms with E-state index in [-0.39, 0.29) is 5.91 Å². The second kappa shape index (κ2) is 9.29. The number of carbonyl (C=O) groups excluding carboxylic acids is 1. The third-order valence-corrected chi connectivity index (χ3v) is 7.09. The number of aromatic nitrogens is 2. The fourth-order valence-electron chi connectivity index (χ4n) is 4.23. The van der Waals surface area contributed by atoms with Crippen LogP contribution in [0.4, 0.5) is 0 Å². The zero-order chi connectivity index (χ0) is 21.1. The summed E-state index contributed by atoms with van der Waals surface area (Å²) >= 11 is 1.48. The van der Waals surface area contributed by atoms with E-state index in [1.54, 1.807) is 6.20 Å². The highest BCUT2D eigenvalue weighted by Crippen LogP contribution is 2.34. The van der Waals surface area contributed by atoms with Crippen molar-refractivity contribution in [1.29, 1.82) is 0 Å². The first-order valence-electron chi connectivity index (χ1n) is 10.8. The Hall–Kier alpha value is -2.22. The van der Waals surface area contributed by atoms with Crippen molar-refractivity contribution < 1.29 is 4.79 Å².